The molecule has 120 valence electrons. The first-order valence-corrected chi connectivity index (χ1v) is 7.26. The van der Waals surface area contributed by atoms with Crippen LogP contribution in [0.25, 0.3) is 0 Å². The summed E-state index contributed by atoms with van der Waals surface area (Å²) in [7, 11) is 0. The van der Waals surface area contributed by atoms with Crippen molar-refractivity contribution in [1.29, 1.82) is 0 Å². The lowest BCUT2D eigenvalue weighted by atomic mass is 10.2. The van der Waals surface area contributed by atoms with Gasteiger partial charge < -0.3 is 4.74 Å². The van der Waals surface area contributed by atoms with Crippen molar-refractivity contribution in [1.82, 2.24) is 4.98 Å². The molecule has 1 heterocycles. The minimum absolute atomic E-state index is 0.0542. The number of rotatable bonds is 5. The fourth-order valence-electron chi connectivity index (χ4n) is 1.68. The highest BCUT2D eigenvalue weighted by Crippen LogP contribution is 2.24. The third kappa shape index (κ3) is 3.98. The number of carbonyl (C=O) groups is 2. The van der Waals surface area contributed by atoms with Gasteiger partial charge in [-0.05, 0) is 19.1 Å². The largest absolute Gasteiger partial charge is 0.457 e. The third-order valence-electron chi connectivity index (χ3n) is 2.71. The Labute approximate surface area is 134 Å². The van der Waals surface area contributed by atoms with Gasteiger partial charge in [0.2, 0.25) is 0 Å². The van der Waals surface area contributed by atoms with E-state index in [4.69, 9.17) is 4.74 Å². The Balaban J connectivity index is 2.15. The molecule has 0 saturated carbocycles. The van der Waals surface area contributed by atoms with Gasteiger partial charge in [0.1, 0.15) is 23.1 Å². The van der Waals surface area contributed by atoms with Crippen molar-refractivity contribution in [2.24, 2.45) is 0 Å². The molecular formula is C15H12F2N2O3S. The summed E-state index contributed by atoms with van der Waals surface area (Å²) in [5, 5.41) is 2.48. The van der Waals surface area contributed by atoms with Crippen LogP contribution < -0.4 is 5.32 Å². The molecule has 5 nitrogen and oxygen atoms in total. The lowest BCUT2D eigenvalue weighted by Gasteiger charge is -2.03. The molecule has 2 rings (SSSR count). The van der Waals surface area contributed by atoms with Crippen molar-refractivity contribution in [2.75, 3.05) is 11.9 Å². The molecule has 0 saturated heterocycles. The molecule has 1 N–H and O–H groups in total. The number of thiazole rings is 1. The maximum absolute atomic E-state index is 13.6. The maximum Gasteiger partial charge on any atom is 0.350 e. The van der Waals surface area contributed by atoms with E-state index >= 15 is 0 Å². The number of benzene rings is 1. The summed E-state index contributed by atoms with van der Waals surface area (Å²) in [6, 6.07) is 2.61. The first kappa shape index (κ1) is 16.8. The average Bonchev–Trinajstić information content (AvgIpc) is 2.85. The van der Waals surface area contributed by atoms with Gasteiger partial charge in [-0.3, -0.25) is 10.1 Å². The van der Waals surface area contributed by atoms with Gasteiger partial charge in [-0.15, -0.1) is 0 Å². The Morgan fingerprint density at radius 1 is 1.43 bits per heavy atom. The minimum atomic E-state index is -0.985. The molecular weight excluding hydrogens is 326 g/mol. The quantitative estimate of drug-likeness (QED) is 0.671. The lowest BCUT2D eigenvalue weighted by Crippen LogP contribution is -2.13. The predicted octanol–water partition coefficient (Wildman–Crippen LogP) is 3.32. The Morgan fingerprint density at radius 2 is 2.17 bits per heavy atom. The van der Waals surface area contributed by atoms with Gasteiger partial charge in [0.05, 0.1) is 11.3 Å². The maximum atomic E-state index is 13.6. The van der Waals surface area contributed by atoms with E-state index in [1.807, 2.05) is 0 Å². The zero-order valence-corrected chi connectivity index (χ0v) is 12.9. The summed E-state index contributed by atoms with van der Waals surface area (Å²) in [4.78, 5) is 28.0. The first-order chi connectivity index (χ1) is 10.9. The monoisotopic (exact) mass is 338 g/mol. The molecule has 1 amide bonds. The van der Waals surface area contributed by atoms with E-state index in [1.54, 1.807) is 6.92 Å². The molecule has 0 spiro atoms. The van der Waals surface area contributed by atoms with Crippen molar-refractivity contribution in [3.8, 4) is 0 Å². The molecule has 0 unspecified atom stereocenters. The number of nitrogens with zero attached hydrogens (tertiary/aromatic N) is 1. The number of hydrogen-bond acceptors (Lipinski definition) is 5. The summed E-state index contributed by atoms with van der Waals surface area (Å²) in [5.74, 6) is -3.14. The Morgan fingerprint density at radius 3 is 2.83 bits per heavy atom. The Kier molecular flexibility index (Phi) is 5.17. The van der Waals surface area contributed by atoms with Crippen LogP contribution in [0.1, 0.15) is 25.7 Å². The highest BCUT2D eigenvalue weighted by molar-refractivity contribution is 7.17. The van der Waals surface area contributed by atoms with Crippen molar-refractivity contribution in [2.45, 2.75) is 6.92 Å². The molecule has 1 aromatic heterocycles. The second-order valence-corrected chi connectivity index (χ2v) is 5.40. The second-order valence-electron chi connectivity index (χ2n) is 4.40. The zero-order chi connectivity index (χ0) is 17.0. The third-order valence-corrected chi connectivity index (χ3v) is 3.76. The van der Waals surface area contributed by atoms with Crippen molar-refractivity contribution < 1.29 is 23.1 Å². The molecule has 0 aliphatic rings. The van der Waals surface area contributed by atoms with E-state index in [0.717, 1.165) is 23.5 Å². The molecule has 2 aromatic rings. The van der Waals surface area contributed by atoms with Gasteiger partial charge in [0, 0.05) is 6.07 Å². The van der Waals surface area contributed by atoms with Gasteiger partial charge in [0.15, 0.2) is 5.13 Å². The van der Waals surface area contributed by atoms with Crippen LogP contribution in [0, 0.1) is 18.6 Å². The number of amides is 1. The predicted molar refractivity (Wildman–Crippen MR) is 81.6 cm³/mol. The van der Waals surface area contributed by atoms with E-state index in [1.165, 1.54) is 6.08 Å². The van der Waals surface area contributed by atoms with Crippen LogP contribution in [-0.4, -0.2) is 23.5 Å². The smallest absolute Gasteiger partial charge is 0.350 e. The van der Waals surface area contributed by atoms with Crippen LogP contribution in [0.3, 0.4) is 0 Å². The van der Waals surface area contributed by atoms with Crippen molar-refractivity contribution in [3.63, 3.8) is 0 Å². The number of ether oxygens (including phenoxy) is 1. The van der Waals surface area contributed by atoms with Crippen LogP contribution in [0.2, 0.25) is 0 Å². The van der Waals surface area contributed by atoms with E-state index < -0.39 is 23.5 Å². The van der Waals surface area contributed by atoms with Gasteiger partial charge in [-0.2, -0.15) is 0 Å². The number of aromatic nitrogens is 1. The van der Waals surface area contributed by atoms with Crippen LogP contribution in [0.15, 0.2) is 30.9 Å². The van der Waals surface area contributed by atoms with Crippen LogP contribution in [-0.2, 0) is 4.74 Å². The lowest BCUT2D eigenvalue weighted by molar-refractivity contribution is 0.0554. The average molecular weight is 338 g/mol. The fraction of sp³-hybridized carbons (Fsp3) is 0.133. The van der Waals surface area contributed by atoms with Gasteiger partial charge in [0.25, 0.3) is 5.91 Å². The number of anilines is 1. The summed E-state index contributed by atoms with van der Waals surface area (Å²) in [6.45, 7) is 5.07. The normalized spacial score (nSPS) is 10.2. The number of halogens is 2. The number of nitrogens with one attached hydrogen (secondary N) is 1. The summed E-state index contributed by atoms with van der Waals surface area (Å²) >= 11 is 0.902. The minimum Gasteiger partial charge on any atom is -0.457 e. The van der Waals surface area contributed by atoms with Crippen LogP contribution in [0.4, 0.5) is 13.9 Å². The highest BCUT2D eigenvalue weighted by atomic mass is 32.1. The highest BCUT2D eigenvalue weighted by Gasteiger charge is 2.19. The van der Waals surface area contributed by atoms with E-state index in [9.17, 15) is 18.4 Å². The fourth-order valence-corrected chi connectivity index (χ4v) is 2.53. The van der Waals surface area contributed by atoms with E-state index in [0.29, 0.717) is 11.8 Å². The van der Waals surface area contributed by atoms with Crippen LogP contribution >= 0.6 is 11.3 Å². The van der Waals surface area contributed by atoms with E-state index in [2.05, 4.69) is 16.9 Å². The van der Waals surface area contributed by atoms with Gasteiger partial charge in [-0.25, -0.2) is 18.6 Å². The van der Waals surface area contributed by atoms with Gasteiger partial charge >= 0.3 is 5.97 Å². The summed E-state index contributed by atoms with van der Waals surface area (Å²) in [5.41, 5.74) is 0.0500. The van der Waals surface area contributed by atoms with Crippen LogP contribution in [0.5, 0.6) is 0 Å². The molecule has 0 fully saturated rings. The zero-order valence-electron chi connectivity index (χ0n) is 12.1. The number of carbonyl (C=O) groups excluding carboxylic acids is 2. The number of hydrogen-bond donors (Lipinski definition) is 1. The number of aryl methyl sites for hydroxylation is 1. The molecule has 8 heteroatoms. The summed E-state index contributed by atoms with van der Waals surface area (Å²) < 4.78 is 31.3. The summed E-state index contributed by atoms with van der Waals surface area (Å²) in [6.07, 6.45) is 1.42. The molecule has 0 atom stereocenters. The number of esters is 1. The molecule has 0 aliphatic carbocycles. The Hall–Kier alpha value is -2.61. The van der Waals surface area contributed by atoms with Crippen molar-refractivity contribution in [3.05, 3.63) is 58.6 Å². The molecule has 0 radical (unpaired) electrons. The molecule has 0 aliphatic heterocycles. The SMILES string of the molecule is C=CCOC(=O)c1sc(NC(=O)c2ccc(F)cc2F)nc1C. The standard InChI is InChI=1S/C15H12F2N2O3S/c1-3-6-22-14(21)12-8(2)18-15(23-12)19-13(20)10-5-4-9(16)7-11(10)17/h3-5,7H,1,6H2,2H3,(H,18,19,20). The molecule has 23 heavy (non-hydrogen) atoms. The van der Waals surface area contributed by atoms with Crippen molar-refractivity contribution >= 4 is 28.3 Å². The Bertz CT molecular complexity index is 774. The first-order valence-electron chi connectivity index (χ1n) is 6.44. The van der Waals surface area contributed by atoms with E-state index in [-0.39, 0.29) is 22.2 Å². The molecule has 0 bridgehead atoms. The van der Waals surface area contributed by atoms with Gasteiger partial charge in [-0.1, -0.05) is 24.0 Å². The molecule has 1 aromatic carbocycles. The topological polar surface area (TPSA) is 68.3 Å². The second kappa shape index (κ2) is 7.10.